The van der Waals surface area contributed by atoms with Crippen molar-refractivity contribution in [3.8, 4) is 0 Å². The summed E-state index contributed by atoms with van der Waals surface area (Å²) >= 11 is 1.71. The molecule has 4 heteroatoms. The van der Waals surface area contributed by atoms with Crippen LogP contribution in [0.15, 0.2) is 39.8 Å². The average Bonchev–Trinajstić information content (AvgIpc) is 2.89. The van der Waals surface area contributed by atoms with Crippen LogP contribution in [0.3, 0.4) is 0 Å². The molecule has 0 amide bonds. The third-order valence-electron chi connectivity index (χ3n) is 2.87. The second kappa shape index (κ2) is 5.49. The van der Waals surface area contributed by atoms with Gasteiger partial charge in [-0.15, -0.1) is 0 Å². The lowest BCUT2D eigenvalue weighted by molar-refractivity contribution is 0.211. The van der Waals surface area contributed by atoms with Crippen LogP contribution in [0.2, 0.25) is 0 Å². The van der Waals surface area contributed by atoms with Gasteiger partial charge in [-0.05, 0) is 42.4 Å². The van der Waals surface area contributed by atoms with Crippen molar-refractivity contribution in [3.63, 3.8) is 0 Å². The van der Waals surface area contributed by atoms with E-state index < -0.39 is 0 Å². The summed E-state index contributed by atoms with van der Waals surface area (Å²) in [5.41, 5.74) is 8.56. The molecular formula is C13H18N2OS. The second-order valence-electron chi connectivity index (χ2n) is 4.41. The van der Waals surface area contributed by atoms with Gasteiger partial charge in [-0.2, -0.15) is 11.3 Å². The molecule has 0 aliphatic carbocycles. The molecule has 0 saturated heterocycles. The van der Waals surface area contributed by atoms with Crippen LogP contribution < -0.4 is 5.73 Å². The Bertz CT molecular complexity index is 422. The van der Waals surface area contributed by atoms with Crippen molar-refractivity contribution in [1.29, 1.82) is 0 Å². The predicted octanol–water partition coefficient (Wildman–Crippen LogP) is 2.86. The minimum atomic E-state index is 0.0986. The lowest BCUT2D eigenvalue weighted by Gasteiger charge is -2.30. The van der Waals surface area contributed by atoms with E-state index in [-0.39, 0.29) is 12.1 Å². The summed E-state index contributed by atoms with van der Waals surface area (Å²) in [7, 11) is 2.10. The minimum absolute atomic E-state index is 0.0986. The van der Waals surface area contributed by atoms with E-state index >= 15 is 0 Å². The highest BCUT2D eigenvalue weighted by molar-refractivity contribution is 7.07. The van der Waals surface area contributed by atoms with Gasteiger partial charge >= 0.3 is 0 Å². The van der Waals surface area contributed by atoms with Crippen molar-refractivity contribution in [2.75, 3.05) is 7.05 Å². The van der Waals surface area contributed by atoms with Crippen molar-refractivity contribution in [1.82, 2.24) is 4.90 Å². The van der Waals surface area contributed by atoms with Gasteiger partial charge in [0.1, 0.15) is 0 Å². The molecule has 92 valence electrons. The Hall–Kier alpha value is -1.10. The first-order valence-corrected chi connectivity index (χ1v) is 6.61. The Morgan fingerprint density at radius 1 is 1.47 bits per heavy atom. The molecule has 0 saturated carbocycles. The van der Waals surface area contributed by atoms with E-state index in [9.17, 15) is 0 Å². The van der Waals surface area contributed by atoms with Crippen LogP contribution in [0.4, 0.5) is 0 Å². The van der Waals surface area contributed by atoms with Crippen LogP contribution in [-0.4, -0.2) is 18.0 Å². The monoisotopic (exact) mass is 250 g/mol. The molecule has 2 aromatic heterocycles. The molecule has 17 heavy (non-hydrogen) atoms. The van der Waals surface area contributed by atoms with Crippen molar-refractivity contribution in [3.05, 3.63) is 46.5 Å². The Morgan fingerprint density at radius 3 is 2.82 bits per heavy atom. The van der Waals surface area contributed by atoms with Gasteiger partial charge in [0.05, 0.1) is 18.6 Å². The van der Waals surface area contributed by atoms with Crippen LogP contribution in [-0.2, 0) is 6.54 Å². The summed E-state index contributed by atoms with van der Waals surface area (Å²) in [5, 5.41) is 4.26. The number of nitrogens with zero attached hydrogens (tertiary/aromatic N) is 1. The molecule has 2 N–H and O–H groups in total. The standard InChI is InChI=1S/C13H18N2OS/c1-10(14)13(12-4-6-17-9-12)15(2)7-11-3-5-16-8-11/h3-6,8-10,13H,7,14H2,1-2H3. The minimum Gasteiger partial charge on any atom is -0.472 e. The first kappa shape index (κ1) is 12.4. The van der Waals surface area contributed by atoms with Crippen LogP contribution >= 0.6 is 11.3 Å². The van der Waals surface area contributed by atoms with Crippen LogP contribution in [0.25, 0.3) is 0 Å². The van der Waals surface area contributed by atoms with E-state index in [0.717, 1.165) is 6.54 Å². The molecule has 2 aromatic rings. The Balaban J connectivity index is 2.11. The third kappa shape index (κ3) is 2.97. The Morgan fingerprint density at radius 2 is 2.29 bits per heavy atom. The number of furan rings is 1. The summed E-state index contributed by atoms with van der Waals surface area (Å²) in [6.07, 6.45) is 3.48. The summed E-state index contributed by atoms with van der Waals surface area (Å²) in [4.78, 5) is 2.26. The summed E-state index contributed by atoms with van der Waals surface area (Å²) in [6.45, 7) is 2.90. The quantitative estimate of drug-likeness (QED) is 0.887. The highest BCUT2D eigenvalue weighted by Gasteiger charge is 2.21. The molecule has 0 bridgehead atoms. The molecule has 2 unspecified atom stereocenters. The molecule has 0 spiro atoms. The number of likely N-dealkylation sites (N-methyl/N-ethyl adjacent to an activating group) is 1. The van der Waals surface area contributed by atoms with Crippen molar-refractivity contribution in [2.45, 2.75) is 25.6 Å². The number of rotatable bonds is 5. The molecule has 0 aliphatic heterocycles. The summed E-state index contributed by atoms with van der Waals surface area (Å²) < 4.78 is 5.09. The Labute approximate surface area is 106 Å². The smallest absolute Gasteiger partial charge is 0.0947 e. The van der Waals surface area contributed by atoms with E-state index in [0.29, 0.717) is 0 Å². The van der Waals surface area contributed by atoms with E-state index in [4.69, 9.17) is 10.2 Å². The lowest BCUT2D eigenvalue weighted by atomic mass is 10.0. The zero-order chi connectivity index (χ0) is 12.3. The van der Waals surface area contributed by atoms with Gasteiger partial charge in [0, 0.05) is 18.2 Å². The molecule has 0 aromatic carbocycles. The number of thiophene rings is 1. The van der Waals surface area contributed by atoms with Gasteiger partial charge in [0.2, 0.25) is 0 Å². The summed E-state index contributed by atoms with van der Waals surface area (Å²) in [6, 6.07) is 4.48. The van der Waals surface area contributed by atoms with Crippen molar-refractivity contribution >= 4 is 11.3 Å². The molecule has 0 aliphatic rings. The first-order valence-electron chi connectivity index (χ1n) is 5.67. The van der Waals surface area contributed by atoms with E-state index in [1.165, 1.54) is 11.1 Å². The van der Waals surface area contributed by atoms with Crippen LogP contribution in [0.5, 0.6) is 0 Å². The largest absolute Gasteiger partial charge is 0.472 e. The van der Waals surface area contributed by atoms with Gasteiger partial charge in [0.25, 0.3) is 0 Å². The SMILES string of the molecule is CC(N)C(c1ccsc1)N(C)Cc1ccoc1. The molecule has 0 fully saturated rings. The fraction of sp³-hybridized carbons (Fsp3) is 0.385. The maximum Gasteiger partial charge on any atom is 0.0947 e. The average molecular weight is 250 g/mol. The highest BCUT2D eigenvalue weighted by Crippen LogP contribution is 2.25. The van der Waals surface area contributed by atoms with Gasteiger partial charge in [-0.25, -0.2) is 0 Å². The van der Waals surface area contributed by atoms with Crippen LogP contribution in [0.1, 0.15) is 24.1 Å². The van der Waals surface area contributed by atoms with Gasteiger partial charge in [0.15, 0.2) is 0 Å². The Kier molecular flexibility index (Phi) is 3.99. The van der Waals surface area contributed by atoms with E-state index in [2.05, 4.69) is 28.8 Å². The summed E-state index contributed by atoms with van der Waals surface area (Å²) in [5.74, 6) is 0. The highest BCUT2D eigenvalue weighted by atomic mass is 32.1. The fourth-order valence-corrected chi connectivity index (χ4v) is 2.86. The van der Waals surface area contributed by atoms with Crippen LogP contribution in [0, 0.1) is 0 Å². The van der Waals surface area contributed by atoms with Crippen molar-refractivity contribution in [2.24, 2.45) is 5.73 Å². The number of nitrogens with two attached hydrogens (primary N) is 1. The first-order chi connectivity index (χ1) is 8.18. The van der Waals surface area contributed by atoms with Gasteiger partial charge in [-0.1, -0.05) is 0 Å². The normalized spacial score (nSPS) is 15.1. The lowest BCUT2D eigenvalue weighted by Crippen LogP contribution is -2.36. The number of hydrogen-bond donors (Lipinski definition) is 1. The molecule has 2 atom stereocenters. The third-order valence-corrected chi connectivity index (χ3v) is 3.57. The fourth-order valence-electron chi connectivity index (χ4n) is 2.17. The molecular weight excluding hydrogens is 232 g/mol. The van der Waals surface area contributed by atoms with Crippen molar-refractivity contribution < 1.29 is 4.42 Å². The predicted molar refractivity (Wildman–Crippen MR) is 70.9 cm³/mol. The maximum atomic E-state index is 6.10. The zero-order valence-corrected chi connectivity index (χ0v) is 11.0. The molecule has 2 heterocycles. The molecule has 2 rings (SSSR count). The molecule has 3 nitrogen and oxygen atoms in total. The topological polar surface area (TPSA) is 42.4 Å². The zero-order valence-electron chi connectivity index (χ0n) is 10.2. The number of hydrogen-bond acceptors (Lipinski definition) is 4. The van der Waals surface area contributed by atoms with E-state index in [1.54, 1.807) is 23.9 Å². The second-order valence-corrected chi connectivity index (χ2v) is 5.19. The van der Waals surface area contributed by atoms with Gasteiger partial charge < -0.3 is 10.2 Å². The maximum absolute atomic E-state index is 6.10. The molecule has 0 radical (unpaired) electrons. The van der Waals surface area contributed by atoms with Gasteiger partial charge in [-0.3, -0.25) is 4.90 Å². The van der Waals surface area contributed by atoms with E-state index in [1.807, 2.05) is 13.0 Å².